The van der Waals surface area contributed by atoms with E-state index in [1.165, 1.54) is 16.6 Å². The molecule has 0 N–H and O–H groups in total. The second-order valence-electron chi connectivity index (χ2n) is 4.99. The van der Waals surface area contributed by atoms with Gasteiger partial charge in [-0.2, -0.15) is 11.3 Å². The third-order valence-corrected chi connectivity index (χ3v) is 4.43. The van der Waals surface area contributed by atoms with Gasteiger partial charge in [-0.3, -0.25) is 0 Å². The summed E-state index contributed by atoms with van der Waals surface area (Å²) in [6.07, 6.45) is 1.86. The fraction of sp³-hybridized carbons (Fsp3) is 0.312. The summed E-state index contributed by atoms with van der Waals surface area (Å²) in [5.41, 5.74) is 4.95. The molecule has 0 bridgehead atoms. The molecule has 104 valence electrons. The first-order valence-electron chi connectivity index (χ1n) is 6.81. The molecule has 0 aliphatic heterocycles. The Balaban J connectivity index is 1.96. The second kappa shape index (κ2) is 5.98. The number of imidazole rings is 1. The first-order valence-corrected chi connectivity index (χ1v) is 8.28. The van der Waals surface area contributed by atoms with Crippen LogP contribution in [-0.2, 0) is 19.4 Å². The number of aromatic nitrogens is 2. The number of hydrogen-bond donors (Lipinski definition) is 0. The normalized spacial score (nSPS) is 11.3. The first kappa shape index (κ1) is 13.7. The van der Waals surface area contributed by atoms with Gasteiger partial charge in [0.1, 0.15) is 5.82 Å². The van der Waals surface area contributed by atoms with E-state index in [1.54, 1.807) is 11.3 Å². The van der Waals surface area contributed by atoms with Crippen LogP contribution in [-0.4, -0.2) is 15.4 Å². The quantitative estimate of drug-likeness (QED) is 0.638. The molecule has 1 aromatic carbocycles. The highest BCUT2D eigenvalue weighted by Gasteiger charge is 2.10. The van der Waals surface area contributed by atoms with E-state index in [4.69, 9.17) is 16.6 Å². The van der Waals surface area contributed by atoms with Crippen molar-refractivity contribution in [3.63, 3.8) is 0 Å². The van der Waals surface area contributed by atoms with Crippen molar-refractivity contribution in [3.05, 3.63) is 52.0 Å². The lowest BCUT2D eigenvalue weighted by atomic mass is 10.2. The minimum absolute atomic E-state index is 0.612. The number of nitrogens with zero attached hydrogens (tertiary/aromatic N) is 2. The van der Waals surface area contributed by atoms with E-state index >= 15 is 0 Å². The molecule has 2 heterocycles. The van der Waals surface area contributed by atoms with Crippen molar-refractivity contribution in [2.24, 2.45) is 0 Å². The van der Waals surface area contributed by atoms with E-state index in [9.17, 15) is 0 Å². The van der Waals surface area contributed by atoms with Gasteiger partial charge in [-0.1, -0.05) is 6.07 Å². The molecule has 4 heteroatoms. The van der Waals surface area contributed by atoms with Crippen LogP contribution in [0.4, 0.5) is 0 Å². The van der Waals surface area contributed by atoms with E-state index in [0.29, 0.717) is 5.88 Å². The van der Waals surface area contributed by atoms with Crippen LogP contribution in [0.1, 0.15) is 17.0 Å². The Morgan fingerprint density at radius 2 is 2.15 bits per heavy atom. The Hall–Kier alpha value is -1.32. The summed E-state index contributed by atoms with van der Waals surface area (Å²) in [6, 6.07) is 8.62. The summed E-state index contributed by atoms with van der Waals surface area (Å²) in [4.78, 5) is 4.72. The zero-order valence-electron chi connectivity index (χ0n) is 11.5. The zero-order valence-corrected chi connectivity index (χ0v) is 13.0. The van der Waals surface area contributed by atoms with Gasteiger partial charge >= 0.3 is 0 Å². The average Bonchev–Trinajstić information content (AvgIpc) is 3.04. The van der Waals surface area contributed by atoms with Crippen molar-refractivity contribution in [1.82, 2.24) is 9.55 Å². The van der Waals surface area contributed by atoms with E-state index in [-0.39, 0.29) is 0 Å². The maximum Gasteiger partial charge on any atom is 0.111 e. The smallest absolute Gasteiger partial charge is 0.111 e. The van der Waals surface area contributed by atoms with Crippen molar-refractivity contribution in [1.29, 1.82) is 0 Å². The van der Waals surface area contributed by atoms with Crippen LogP contribution in [0.3, 0.4) is 0 Å². The molecule has 2 aromatic heterocycles. The van der Waals surface area contributed by atoms with Crippen molar-refractivity contribution in [2.45, 2.75) is 26.3 Å². The fourth-order valence-corrected chi connectivity index (χ4v) is 3.36. The molecule has 0 atom stereocenters. The molecule has 0 aliphatic rings. The average molecular weight is 305 g/mol. The van der Waals surface area contributed by atoms with Gasteiger partial charge in [0.05, 0.1) is 11.0 Å². The van der Waals surface area contributed by atoms with Gasteiger partial charge in [0.15, 0.2) is 0 Å². The third kappa shape index (κ3) is 2.74. The molecule has 3 rings (SSSR count). The van der Waals surface area contributed by atoms with Crippen LogP contribution in [0, 0.1) is 6.92 Å². The minimum Gasteiger partial charge on any atom is -0.328 e. The summed E-state index contributed by atoms with van der Waals surface area (Å²) in [5.74, 6) is 1.71. The number of fused-ring (bicyclic) bond motifs is 1. The van der Waals surface area contributed by atoms with E-state index < -0.39 is 0 Å². The highest BCUT2D eigenvalue weighted by Crippen LogP contribution is 2.20. The topological polar surface area (TPSA) is 17.8 Å². The van der Waals surface area contributed by atoms with Gasteiger partial charge in [-0.05, 0) is 53.4 Å². The summed E-state index contributed by atoms with van der Waals surface area (Å²) in [5, 5.41) is 4.34. The van der Waals surface area contributed by atoms with Crippen molar-refractivity contribution in [2.75, 3.05) is 5.88 Å². The van der Waals surface area contributed by atoms with Crippen LogP contribution in [0.15, 0.2) is 35.0 Å². The Labute approximate surface area is 128 Å². The van der Waals surface area contributed by atoms with Crippen LogP contribution >= 0.6 is 22.9 Å². The highest BCUT2D eigenvalue weighted by atomic mass is 35.5. The molecule has 0 fully saturated rings. The van der Waals surface area contributed by atoms with E-state index in [1.807, 2.05) is 0 Å². The molecular formula is C16H17ClN2S. The van der Waals surface area contributed by atoms with Crippen molar-refractivity contribution in [3.8, 4) is 0 Å². The van der Waals surface area contributed by atoms with Crippen LogP contribution in [0.5, 0.6) is 0 Å². The predicted molar refractivity (Wildman–Crippen MR) is 86.9 cm³/mol. The molecule has 0 amide bonds. The lowest BCUT2D eigenvalue weighted by molar-refractivity contribution is 0.676. The molecule has 2 nitrogen and oxygen atoms in total. The van der Waals surface area contributed by atoms with Crippen molar-refractivity contribution < 1.29 is 0 Å². The number of thiophene rings is 1. The fourth-order valence-electron chi connectivity index (χ4n) is 2.48. The lowest BCUT2D eigenvalue weighted by Gasteiger charge is -2.08. The Morgan fingerprint density at radius 3 is 2.90 bits per heavy atom. The lowest BCUT2D eigenvalue weighted by Crippen LogP contribution is -2.06. The Kier molecular flexibility index (Phi) is 4.08. The largest absolute Gasteiger partial charge is 0.328 e. The van der Waals surface area contributed by atoms with Gasteiger partial charge in [0.25, 0.3) is 0 Å². The molecule has 3 aromatic rings. The maximum atomic E-state index is 5.91. The molecule has 0 radical (unpaired) electrons. The molecular weight excluding hydrogens is 288 g/mol. The van der Waals surface area contributed by atoms with Crippen LogP contribution < -0.4 is 0 Å². The van der Waals surface area contributed by atoms with Gasteiger partial charge in [0.2, 0.25) is 0 Å². The molecule has 0 aliphatic carbocycles. The van der Waals surface area contributed by atoms with Crippen molar-refractivity contribution >= 4 is 34.0 Å². The van der Waals surface area contributed by atoms with Gasteiger partial charge in [-0.25, -0.2) is 4.98 Å². The van der Waals surface area contributed by atoms with Crippen LogP contribution in [0.2, 0.25) is 0 Å². The number of benzene rings is 1. The van der Waals surface area contributed by atoms with Crippen LogP contribution in [0.25, 0.3) is 11.0 Å². The monoisotopic (exact) mass is 304 g/mol. The molecule has 0 saturated carbocycles. The zero-order chi connectivity index (χ0) is 13.9. The maximum absolute atomic E-state index is 5.91. The first-order chi connectivity index (χ1) is 9.78. The Morgan fingerprint density at radius 1 is 1.25 bits per heavy atom. The van der Waals surface area contributed by atoms with Gasteiger partial charge < -0.3 is 4.57 Å². The second-order valence-corrected chi connectivity index (χ2v) is 6.15. The van der Waals surface area contributed by atoms with Gasteiger partial charge in [0, 0.05) is 18.8 Å². The molecule has 0 saturated heterocycles. The summed E-state index contributed by atoms with van der Waals surface area (Å²) >= 11 is 7.67. The number of hydrogen-bond acceptors (Lipinski definition) is 2. The molecule has 0 unspecified atom stereocenters. The highest BCUT2D eigenvalue weighted by molar-refractivity contribution is 7.07. The van der Waals surface area contributed by atoms with Gasteiger partial charge in [-0.15, -0.1) is 11.6 Å². The van der Waals surface area contributed by atoms with E-state index in [2.05, 4.69) is 46.5 Å². The summed E-state index contributed by atoms with van der Waals surface area (Å²) in [6.45, 7) is 3.08. The predicted octanol–water partition coefficient (Wildman–Crippen LogP) is 4.43. The summed E-state index contributed by atoms with van der Waals surface area (Å²) in [7, 11) is 0. The third-order valence-electron chi connectivity index (χ3n) is 3.51. The standard InChI is InChI=1S/C16H17ClN2S/c1-12-2-3-14-15(10-12)19(16(18-14)4-7-17)8-5-13-6-9-20-11-13/h2-3,6,9-11H,4-5,7-8H2,1H3. The van der Waals surface area contributed by atoms with E-state index in [0.717, 1.165) is 30.7 Å². The number of alkyl halides is 1. The number of halogens is 1. The SMILES string of the molecule is Cc1ccc2nc(CCCl)n(CCc3ccsc3)c2c1. The summed E-state index contributed by atoms with van der Waals surface area (Å²) < 4.78 is 2.32. The number of aryl methyl sites for hydroxylation is 4. The molecule has 0 spiro atoms. The molecule has 20 heavy (non-hydrogen) atoms. The minimum atomic E-state index is 0.612. The Bertz CT molecular complexity index is 701. The number of rotatable bonds is 5.